The first-order valence-electron chi connectivity index (χ1n) is 9.73. The number of rotatable bonds is 5. The summed E-state index contributed by atoms with van der Waals surface area (Å²) >= 11 is 1.59. The van der Waals surface area contributed by atoms with Crippen LogP contribution >= 0.6 is 11.8 Å². The van der Waals surface area contributed by atoms with Crippen molar-refractivity contribution >= 4 is 23.8 Å². The van der Waals surface area contributed by atoms with Gasteiger partial charge in [-0.15, -0.1) is 11.8 Å². The van der Waals surface area contributed by atoms with E-state index in [0.717, 1.165) is 18.6 Å². The summed E-state index contributed by atoms with van der Waals surface area (Å²) in [5.74, 6) is 0.0630. The van der Waals surface area contributed by atoms with Crippen LogP contribution < -0.4 is 21.4 Å². The van der Waals surface area contributed by atoms with E-state index in [9.17, 15) is 14.7 Å². The Balaban J connectivity index is 1.53. The van der Waals surface area contributed by atoms with E-state index < -0.39 is 12.3 Å². The Hall–Kier alpha value is -0.910. The van der Waals surface area contributed by atoms with Crippen LogP contribution in [0.1, 0.15) is 40.0 Å². The second-order valence-corrected chi connectivity index (χ2v) is 8.80. The van der Waals surface area contributed by atoms with E-state index in [0.29, 0.717) is 18.5 Å². The zero-order valence-corrected chi connectivity index (χ0v) is 16.9. The molecule has 0 aliphatic carbocycles. The van der Waals surface area contributed by atoms with Crippen molar-refractivity contribution in [3.63, 3.8) is 0 Å². The second-order valence-electron chi connectivity index (χ2n) is 7.55. The number of hydrogen-bond donors (Lipinski definition) is 5. The van der Waals surface area contributed by atoms with Gasteiger partial charge in [0.15, 0.2) is 0 Å². The number of imide groups is 1. The fraction of sp³-hybridized carbons (Fsp3) is 0.882. The fourth-order valence-corrected chi connectivity index (χ4v) is 5.53. The number of amides is 2. The number of aliphatic hydroxyl groups is 1. The van der Waals surface area contributed by atoms with E-state index in [-0.39, 0.29) is 36.0 Å². The third kappa shape index (κ3) is 4.93. The number of carbonyl (C=O) groups is 2. The lowest BCUT2D eigenvalue weighted by Gasteiger charge is -2.39. The van der Waals surface area contributed by atoms with Gasteiger partial charge < -0.3 is 9.84 Å². The monoisotopic (exact) mass is 401 g/mol. The van der Waals surface area contributed by atoms with Crippen LogP contribution in [0.25, 0.3) is 0 Å². The van der Waals surface area contributed by atoms with E-state index in [4.69, 9.17) is 4.74 Å². The van der Waals surface area contributed by atoms with Crippen molar-refractivity contribution in [2.45, 2.75) is 75.9 Å². The van der Waals surface area contributed by atoms with Gasteiger partial charge in [0, 0.05) is 12.1 Å². The Bertz CT molecular complexity index is 553. The van der Waals surface area contributed by atoms with Gasteiger partial charge in [0.25, 0.3) is 0 Å². The molecule has 3 rings (SSSR count). The second kappa shape index (κ2) is 9.06. The number of thioether (sulfide) groups is 1. The van der Waals surface area contributed by atoms with Crippen LogP contribution in [-0.2, 0) is 9.53 Å². The molecule has 0 aromatic heterocycles. The summed E-state index contributed by atoms with van der Waals surface area (Å²) in [6, 6.07) is 0.714. The lowest BCUT2D eigenvalue weighted by atomic mass is 10.0. The lowest BCUT2D eigenvalue weighted by Crippen LogP contribution is -2.59. The normalized spacial score (nSPS) is 37.6. The van der Waals surface area contributed by atoms with Gasteiger partial charge in [0.2, 0.25) is 5.91 Å². The van der Waals surface area contributed by atoms with Crippen molar-refractivity contribution in [2.75, 3.05) is 12.4 Å². The Morgan fingerprint density at radius 3 is 2.89 bits per heavy atom. The number of ether oxygens (including phenoxy) is 1. The van der Waals surface area contributed by atoms with Crippen LogP contribution in [0.3, 0.4) is 0 Å². The molecule has 0 spiro atoms. The van der Waals surface area contributed by atoms with Crippen LogP contribution in [0.5, 0.6) is 0 Å². The molecule has 7 atom stereocenters. The van der Waals surface area contributed by atoms with Crippen molar-refractivity contribution in [1.82, 2.24) is 26.4 Å². The third-order valence-corrected chi connectivity index (χ3v) is 6.71. The summed E-state index contributed by atoms with van der Waals surface area (Å²) in [5.41, 5.74) is 3.40. The molecule has 10 heteroatoms. The number of hydrazine groups is 1. The average molecular weight is 402 g/mol. The highest BCUT2D eigenvalue weighted by Gasteiger charge is 2.43. The summed E-state index contributed by atoms with van der Waals surface area (Å²) in [6.07, 6.45) is 1.18. The molecule has 154 valence electrons. The highest BCUT2D eigenvalue weighted by molar-refractivity contribution is 8.00. The van der Waals surface area contributed by atoms with Gasteiger partial charge in [0.1, 0.15) is 6.23 Å². The summed E-state index contributed by atoms with van der Waals surface area (Å²) in [7, 11) is 0. The van der Waals surface area contributed by atoms with E-state index >= 15 is 0 Å². The van der Waals surface area contributed by atoms with Crippen LogP contribution in [0.2, 0.25) is 0 Å². The van der Waals surface area contributed by atoms with Gasteiger partial charge in [-0.2, -0.15) is 0 Å². The van der Waals surface area contributed by atoms with E-state index in [2.05, 4.69) is 40.2 Å². The highest BCUT2D eigenvalue weighted by atomic mass is 32.2. The molecule has 27 heavy (non-hydrogen) atoms. The van der Waals surface area contributed by atoms with Crippen LogP contribution in [0.4, 0.5) is 4.79 Å². The molecule has 9 nitrogen and oxygen atoms in total. The predicted molar refractivity (Wildman–Crippen MR) is 103 cm³/mol. The largest absolute Gasteiger partial charge is 0.450 e. The quantitative estimate of drug-likeness (QED) is 0.404. The van der Waals surface area contributed by atoms with Gasteiger partial charge in [-0.1, -0.05) is 0 Å². The minimum atomic E-state index is -0.784. The van der Waals surface area contributed by atoms with Crippen molar-refractivity contribution in [2.24, 2.45) is 5.92 Å². The van der Waals surface area contributed by atoms with E-state index in [1.807, 2.05) is 0 Å². The van der Waals surface area contributed by atoms with E-state index in [1.165, 1.54) is 0 Å². The highest BCUT2D eigenvalue weighted by Crippen LogP contribution is 2.32. The molecule has 2 amide bonds. The molecule has 0 aromatic rings. The number of fused-ring (bicyclic) bond motifs is 1. The number of aliphatic hydroxyl groups excluding tert-OH is 1. The molecule has 5 N–H and O–H groups in total. The van der Waals surface area contributed by atoms with Crippen LogP contribution in [0.15, 0.2) is 0 Å². The summed E-state index contributed by atoms with van der Waals surface area (Å²) in [5, 5.41) is 21.7. The molecule has 0 radical (unpaired) electrons. The number of carbonyl (C=O) groups excluding carboxylic acids is 2. The molecule has 0 saturated carbocycles. The van der Waals surface area contributed by atoms with Crippen LogP contribution in [0, 0.1) is 5.92 Å². The van der Waals surface area contributed by atoms with E-state index in [1.54, 1.807) is 18.7 Å². The molecular formula is C17H31N5O4S. The molecule has 3 aliphatic rings. The topological polar surface area (TPSA) is 115 Å². The number of nitrogens with zero attached hydrogens (tertiary/aromatic N) is 1. The van der Waals surface area contributed by atoms with Gasteiger partial charge in [0.05, 0.1) is 30.1 Å². The Morgan fingerprint density at radius 2 is 2.15 bits per heavy atom. The first-order chi connectivity index (χ1) is 12.9. The summed E-state index contributed by atoms with van der Waals surface area (Å²) < 4.78 is 4.77. The molecule has 3 saturated heterocycles. The lowest BCUT2D eigenvalue weighted by molar-refractivity contribution is -0.124. The first-order valence-corrected chi connectivity index (χ1v) is 10.8. The average Bonchev–Trinajstić information content (AvgIpc) is 3.21. The molecule has 7 unspecified atom stereocenters. The van der Waals surface area contributed by atoms with Crippen LogP contribution in [-0.4, -0.2) is 70.4 Å². The number of hydrogen-bond acceptors (Lipinski definition) is 9. The Labute approximate surface area is 164 Å². The van der Waals surface area contributed by atoms with Gasteiger partial charge in [-0.05, 0) is 45.8 Å². The minimum absolute atomic E-state index is 0.134. The molecule has 0 aromatic carbocycles. The first kappa shape index (κ1) is 20.8. The maximum absolute atomic E-state index is 12.3. The summed E-state index contributed by atoms with van der Waals surface area (Å²) in [6.45, 7) is 6.27. The number of alkyl carbamates (subject to hydrolysis) is 1. The maximum atomic E-state index is 12.3. The molecule has 3 fully saturated rings. The molecule has 3 aliphatic heterocycles. The van der Waals surface area contributed by atoms with Gasteiger partial charge >= 0.3 is 6.09 Å². The zero-order valence-electron chi connectivity index (χ0n) is 16.1. The Morgan fingerprint density at radius 1 is 1.37 bits per heavy atom. The predicted octanol–water partition coefficient (Wildman–Crippen LogP) is -0.0784. The molecular weight excluding hydrogens is 370 g/mol. The maximum Gasteiger partial charge on any atom is 0.413 e. The third-order valence-electron chi connectivity index (χ3n) is 5.42. The standard InChI is InChI=1S/C17H31N5O4S/c1-4-26-17(25)20-14(23)11-5-6-27-16(11)19-15(24)12-8-13-18-9(2)7-10(3)22(13)21-12/h9-13,15-16,18-19,21,24H,4-8H2,1-3H3,(H,20,23,25). The molecule has 0 bridgehead atoms. The van der Waals surface area contributed by atoms with Crippen molar-refractivity contribution in [3.8, 4) is 0 Å². The van der Waals surface area contributed by atoms with Crippen molar-refractivity contribution in [3.05, 3.63) is 0 Å². The van der Waals surface area contributed by atoms with Crippen molar-refractivity contribution in [1.29, 1.82) is 0 Å². The fourth-order valence-electron chi connectivity index (χ4n) is 4.16. The van der Waals surface area contributed by atoms with Gasteiger partial charge in [-0.25, -0.2) is 15.2 Å². The molecule has 3 heterocycles. The smallest absolute Gasteiger partial charge is 0.413 e. The van der Waals surface area contributed by atoms with Crippen molar-refractivity contribution < 1.29 is 19.4 Å². The Kier molecular flexibility index (Phi) is 6.98. The summed E-state index contributed by atoms with van der Waals surface area (Å²) in [4.78, 5) is 23.8. The number of nitrogens with one attached hydrogen (secondary N) is 4. The SMILES string of the molecule is CCOC(=O)NC(=O)C1CCSC1NC(O)C1CC2NC(C)CC(C)N2N1. The van der Waals surface area contributed by atoms with Gasteiger partial charge in [-0.3, -0.25) is 20.7 Å². The zero-order chi connectivity index (χ0) is 19.6. The minimum Gasteiger partial charge on any atom is -0.450 e.